The van der Waals surface area contributed by atoms with Crippen molar-refractivity contribution in [3.63, 3.8) is 0 Å². The van der Waals surface area contributed by atoms with Gasteiger partial charge in [0.15, 0.2) is 0 Å². The molecule has 3 nitrogen and oxygen atoms in total. The SMILES string of the molecule is O=C(CCNc1ccc(Cl)c(C(F)(F)F)c1)NCc1ccccc1. The van der Waals surface area contributed by atoms with Crippen LogP contribution in [0.5, 0.6) is 0 Å². The van der Waals surface area contributed by atoms with Gasteiger partial charge in [-0.1, -0.05) is 41.9 Å². The Bertz CT molecular complexity index is 690. The van der Waals surface area contributed by atoms with Gasteiger partial charge in [-0.05, 0) is 23.8 Å². The molecule has 0 saturated heterocycles. The first kappa shape index (κ1) is 18.1. The molecular formula is C17H16ClF3N2O. The maximum absolute atomic E-state index is 12.8. The predicted molar refractivity (Wildman–Crippen MR) is 87.8 cm³/mol. The summed E-state index contributed by atoms with van der Waals surface area (Å²) in [5, 5.41) is 5.19. The Morgan fingerprint density at radius 2 is 1.79 bits per heavy atom. The van der Waals surface area contributed by atoms with Gasteiger partial charge in [0.25, 0.3) is 0 Å². The molecule has 2 rings (SSSR count). The largest absolute Gasteiger partial charge is 0.417 e. The molecule has 0 atom stereocenters. The Morgan fingerprint density at radius 1 is 1.08 bits per heavy atom. The van der Waals surface area contributed by atoms with Crippen molar-refractivity contribution in [1.82, 2.24) is 5.32 Å². The maximum Gasteiger partial charge on any atom is 0.417 e. The van der Waals surface area contributed by atoms with Crippen molar-refractivity contribution in [1.29, 1.82) is 0 Å². The third-order valence-electron chi connectivity index (χ3n) is 3.29. The van der Waals surface area contributed by atoms with Crippen molar-refractivity contribution in [2.75, 3.05) is 11.9 Å². The summed E-state index contributed by atoms with van der Waals surface area (Å²) in [5.41, 5.74) is 0.344. The molecule has 0 aliphatic carbocycles. The van der Waals surface area contributed by atoms with Crippen LogP contribution in [0.2, 0.25) is 5.02 Å². The Labute approximate surface area is 142 Å². The summed E-state index contributed by atoms with van der Waals surface area (Å²) in [6.45, 7) is 0.637. The van der Waals surface area contributed by atoms with E-state index in [4.69, 9.17) is 11.6 Å². The minimum absolute atomic E-state index is 0.150. The molecular weight excluding hydrogens is 341 g/mol. The number of amides is 1. The van der Waals surface area contributed by atoms with E-state index in [1.165, 1.54) is 12.1 Å². The van der Waals surface area contributed by atoms with E-state index >= 15 is 0 Å². The molecule has 2 aromatic carbocycles. The van der Waals surface area contributed by atoms with Crippen LogP contribution in [0.3, 0.4) is 0 Å². The van der Waals surface area contributed by atoms with Gasteiger partial charge in [0.05, 0.1) is 10.6 Å². The average molecular weight is 357 g/mol. The summed E-state index contributed by atoms with van der Waals surface area (Å²) in [7, 11) is 0. The average Bonchev–Trinajstić information content (AvgIpc) is 2.54. The normalized spacial score (nSPS) is 11.2. The lowest BCUT2D eigenvalue weighted by atomic mass is 10.2. The molecule has 24 heavy (non-hydrogen) atoms. The number of hydrogen-bond donors (Lipinski definition) is 2. The van der Waals surface area contributed by atoms with Crippen LogP contribution < -0.4 is 10.6 Å². The molecule has 2 N–H and O–H groups in total. The molecule has 7 heteroatoms. The van der Waals surface area contributed by atoms with Crippen LogP contribution in [0.15, 0.2) is 48.5 Å². The Morgan fingerprint density at radius 3 is 2.46 bits per heavy atom. The van der Waals surface area contributed by atoms with Gasteiger partial charge in [-0.25, -0.2) is 0 Å². The van der Waals surface area contributed by atoms with E-state index < -0.39 is 11.7 Å². The van der Waals surface area contributed by atoms with E-state index in [-0.39, 0.29) is 29.6 Å². The second-order valence-electron chi connectivity index (χ2n) is 5.13. The van der Waals surface area contributed by atoms with Crippen LogP contribution in [-0.2, 0) is 17.5 Å². The summed E-state index contributed by atoms with van der Waals surface area (Å²) in [6.07, 6.45) is -4.36. The third kappa shape index (κ3) is 5.45. The minimum Gasteiger partial charge on any atom is -0.385 e. The molecule has 128 valence electrons. The standard InChI is InChI=1S/C17H16ClF3N2O/c18-15-7-6-13(10-14(15)17(19,20)21)22-9-8-16(24)23-11-12-4-2-1-3-5-12/h1-7,10,22H,8-9,11H2,(H,23,24). The number of hydrogen-bond acceptors (Lipinski definition) is 2. The molecule has 0 aliphatic rings. The van der Waals surface area contributed by atoms with Crippen molar-refractivity contribution in [3.8, 4) is 0 Å². The quantitative estimate of drug-likeness (QED) is 0.801. The highest BCUT2D eigenvalue weighted by atomic mass is 35.5. The lowest BCUT2D eigenvalue weighted by molar-refractivity contribution is -0.137. The molecule has 0 radical (unpaired) electrons. The highest BCUT2D eigenvalue weighted by Gasteiger charge is 2.33. The number of carbonyl (C=O) groups is 1. The molecule has 0 aromatic heterocycles. The summed E-state index contributed by atoms with van der Waals surface area (Å²) in [6, 6.07) is 13.0. The lowest BCUT2D eigenvalue weighted by Crippen LogP contribution is -2.24. The molecule has 0 fully saturated rings. The third-order valence-corrected chi connectivity index (χ3v) is 3.62. The highest BCUT2D eigenvalue weighted by molar-refractivity contribution is 6.31. The molecule has 0 heterocycles. The number of halogens is 4. The van der Waals surface area contributed by atoms with E-state index in [0.717, 1.165) is 11.6 Å². The van der Waals surface area contributed by atoms with Crippen LogP contribution in [0.4, 0.5) is 18.9 Å². The Balaban J connectivity index is 1.80. The number of alkyl halides is 3. The number of benzene rings is 2. The fourth-order valence-electron chi connectivity index (χ4n) is 2.06. The van der Waals surface area contributed by atoms with Crippen LogP contribution >= 0.6 is 11.6 Å². The molecule has 0 bridgehead atoms. The van der Waals surface area contributed by atoms with E-state index in [9.17, 15) is 18.0 Å². The Hall–Kier alpha value is -2.21. The monoisotopic (exact) mass is 356 g/mol. The molecule has 0 unspecified atom stereocenters. The zero-order chi connectivity index (χ0) is 17.6. The van der Waals surface area contributed by atoms with Crippen LogP contribution in [-0.4, -0.2) is 12.5 Å². The van der Waals surface area contributed by atoms with Gasteiger partial charge in [-0.2, -0.15) is 13.2 Å². The molecule has 0 aliphatic heterocycles. The van der Waals surface area contributed by atoms with Gasteiger partial charge >= 0.3 is 6.18 Å². The fourth-order valence-corrected chi connectivity index (χ4v) is 2.28. The maximum atomic E-state index is 12.8. The summed E-state index contributed by atoms with van der Waals surface area (Å²) in [4.78, 5) is 11.7. The van der Waals surface area contributed by atoms with E-state index in [1.807, 2.05) is 30.3 Å². The van der Waals surface area contributed by atoms with Gasteiger partial charge in [0, 0.05) is 25.2 Å². The van der Waals surface area contributed by atoms with E-state index in [0.29, 0.717) is 6.54 Å². The van der Waals surface area contributed by atoms with Gasteiger partial charge in [0.2, 0.25) is 5.91 Å². The minimum atomic E-state index is -4.51. The number of nitrogens with one attached hydrogen (secondary N) is 2. The van der Waals surface area contributed by atoms with E-state index in [1.54, 1.807) is 0 Å². The molecule has 0 spiro atoms. The predicted octanol–water partition coefficient (Wildman–Crippen LogP) is 4.48. The molecule has 1 amide bonds. The number of anilines is 1. The van der Waals surface area contributed by atoms with Gasteiger partial charge < -0.3 is 10.6 Å². The number of carbonyl (C=O) groups excluding carboxylic acids is 1. The smallest absolute Gasteiger partial charge is 0.385 e. The van der Waals surface area contributed by atoms with Gasteiger partial charge in [0.1, 0.15) is 0 Å². The summed E-state index contributed by atoms with van der Waals surface area (Å²) < 4.78 is 38.3. The fraction of sp³-hybridized carbons (Fsp3) is 0.235. The first-order valence-corrected chi connectivity index (χ1v) is 7.65. The summed E-state index contributed by atoms with van der Waals surface area (Å²) in [5.74, 6) is -0.184. The van der Waals surface area contributed by atoms with Gasteiger partial charge in [-0.3, -0.25) is 4.79 Å². The van der Waals surface area contributed by atoms with Crippen molar-refractivity contribution < 1.29 is 18.0 Å². The van der Waals surface area contributed by atoms with Gasteiger partial charge in [-0.15, -0.1) is 0 Å². The van der Waals surface area contributed by atoms with Crippen molar-refractivity contribution in [2.24, 2.45) is 0 Å². The lowest BCUT2D eigenvalue weighted by Gasteiger charge is -2.12. The molecule has 0 saturated carbocycles. The first-order chi connectivity index (χ1) is 11.4. The van der Waals surface area contributed by atoms with E-state index in [2.05, 4.69) is 10.6 Å². The van der Waals surface area contributed by atoms with Crippen LogP contribution in [0, 0.1) is 0 Å². The van der Waals surface area contributed by atoms with Crippen molar-refractivity contribution in [3.05, 3.63) is 64.7 Å². The Kier molecular flexibility index (Phi) is 6.09. The zero-order valence-corrected chi connectivity index (χ0v) is 13.4. The topological polar surface area (TPSA) is 41.1 Å². The number of rotatable bonds is 6. The second-order valence-corrected chi connectivity index (χ2v) is 5.54. The summed E-state index contributed by atoms with van der Waals surface area (Å²) >= 11 is 5.55. The van der Waals surface area contributed by atoms with Crippen LogP contribution in [0.1, 0.15) is 17.5 Å². The first-order valence-electron chi connectivity index (χ1n) is 7.27. The van der Waals surface area contributed by atoms with Crippen molar-refractivity contribution >= 4 is 23.2 Å². The van der Waals surface area contributed by atoms with Crippen LogP contribution in [0.25, 0.3) is 0 Å². The van der Waals surface area contributed by atoms with Crippen molar-refractivity contribution in [2.45, 2.75) is 19.1 Å². The molecule has 2 aromatic rings. The highest BCUT2D eigenvalue weighted by Crippen LogP contribution is 2.36. The zero-order valence-electron chi connectivity index (χ0n) is 12.7. The second kappa shape index (κ2) is 8.06.